The van der Waals surface area contributed by atoms with Gasteiger partial charge in [-0.25, -0.2) is 0 Å². The van der Waals surface area contributed by atoms with Gasteiger partial charge in [0.05, 0.1) is 0 Å². The van der Waals surface area contributed by atoms with Gasteiger partial charge in [0, 0.05) is 10.8 Å². The predicted molar refractivity (Wildman–Crippen MR) is 256 cm³/mol. The van der Waals surface area contributed by atoms with E-state index in [0.29, 0.717) is 0 Å². The summed E-state index contributed by atoms with van der Waals surface area (Å²) in [5.74, 6) is 0. The van der Waals surface area contributed by atoms with Gasteiger partial charge in [-0.15, -0.1) is 0 Å². The molecule has 0 atom stereocenters. The molecule has 0 aromatic heterocycles. The van der Waals surface area contributed by atoms with Crippen LogP contribution in [0.2, 0.25) is 0 Å². The molecule has 0 N–H and O–H groups in total. The number of benzene rings is 10. The highest BCUT2D eigenvalue weighted by Gasteiger charge is 2.40. The maximum atomic E-state index is 2.50. The maximum absolute atomic E-state index is 2.50. The summed E-state index contributed by atoms with van der Waals surface area (Å²) >= 11 is 0. The molecule has 0 aliphatic heterocycles. The van der Waals surface area contributed by atoms with Gasteiger partial charge in [-0.05, 0) is 133 Å². The molecule has 12 rings (SSSR count). The van der Waals surface area contributed by atoms with E-state index >= 15 is 0 Å². The van der Waals surface area contributed by atoms with Crippen molar-refractivity contribution in [3.63, 3.8) is 0 Å². The zero-order valence-corrected chi connectivity index (χ0v) is 34.5. The van der Waals surface area contributed by atoms with Crippen LogP contribution in [0.1, 0.15) is 49.9 Å². The minimum Gasteiger partial charge on any atom is -0.0622 e. The molecule has 2 aliphatic rings. The summed E-state index contributed by atoms with van der Waals surface area (Å²) in [7, 11) is 0. The van der Waals surface area contributed by atoms with Crippen molar-refractivity contribution in [2.24, 2.45) is 0 Å². The van der Waals surface area contributed by atoms with Gasteiger partial charge in [-0.2, -0.15) is 0 Å². The fourth-order valence-electron chi connectivity index (χ4n) is 11.1. The van der Waals surface area contributed by atoms with Crippen molar-refractivity contribution >= 4 is 32.3 Å². The fourth-order valence-corrected chi connectivity index (χ4v) is 11.1. The van der Waals surface area contributed by atoms with Gasteiger partial charge in [0.25, 0.3) is 0 Å². The van der Waals surface area contributed by atoms with Crippen LogP contribution in [0.15, 0.2) is 194 Å². The van der Waals surface area contributed by atoms with Crippen molar-refractivity contribution in [2.75, 3.05) is 0 Å². The van der Waals surface area contributed by atoms with Gasteiger partial charge >= 0.3 is 0 Å². The molecule has 2 aliphatic carbocycles. The molecule has 0 saturated carbocycles. The summed E-state index contributed by atoms with van der Waals surface area (Å²) in [6.07, 6.45) is 0. The highest BCUT2D eigenvalue weighted by Crippen LogP contribution is 2.57. The first kappa shape index (κ1) is 35.0. The Kier molecular flexibility index (Phi) is 7.42. The molecule has 284 valence electrons. The monoisotopic (exact) mass is 764 g/mol. The van der Waals surface area contributed by atoms with E-state index in [1.165, 1.54) is 121 Å². The van der Waals surface area contributed by atoms with E-state index in [9.17, 15) is 0 Å². The molecule has 0 unspecified atom stereocenters. The third-order valence-corrected chi connectivity index (χ3v) is 14.1. The van der Waals surface area contributed by atoms with Crippen molar-refractivity contribution in [1.82, 2.24) is 0 Å². The van der Waals surface area contributed by atoms with Crippen LogP contribution in [0, 0.1) is 0 Å². The molecule has 0 bridgehead atoms. The molecule has 0 fully saturated rings. The number of hydrogen-bond donors (Lipinski definition) is 0. The molecule has 0 radical (unpaired) electrons. The smallest absolute Gasteiger partial charge is 0.0159 e. The predicted octanol–water partition coefficient (Wildman–Crippen LogP) is 16.4. The lowest BCUT2D eigenvalue weighted by molar-refractivity contribution is 0.633. The Morgan fingerprint density at radius 3 is 1.07 bits per heavy atom. The summed E-state index contributed by atoms with van der Waals surface area (Å²) in [4.78, 5) is 0. The van der Waals surface area contributed by atoms with Crippen molar-refractivity contribution in [3.05, 3.63) is 216 Å². The largest absolute Gasteiger partial charge is 0.0622 e. The summed E-state index contributed by atoms with van der Waals surface area (Å²) in [6.45, 7) is 9.75. The molecule has 10 aromatic carbocycles. The Balaban J connectivity index is 1.05. The molecule has 60 heavy (non-hydrogen) atoms. The van der Waals surface area contributed by atoms with Crippen LogP contribution in [0.3, 0.4) is 0 Å². The highest BCUT2D eigenvalue weighted by atomic mass is 14.4. The van der Waals surface area contributed by atoms with Gasteiger partial charge in [-0.1, -0.05) is 210 Å². The van der Waals surface area contributed by atoms with Crippen molar-refractivity contribution in [3.8, 4) is 66.8 Å². The summed E-state index contributed by atoms with van der Waals surface area (Å²) in [6, 6.07) is 72.9. The molecule has 0 spiro atoms. The van der Waals surface area contributed by atoms with Crippen LogP contribution in [0.4, 0.5) is 0 Å². The first-order chi connectivity index (χ1) is 29.3. The third-order valence-electron chi connectivity index (χ3n) is 14.1. The molecule has 0 amide bonds. The lowest BCUT2D eigenvalue weighted by atomic mass is 9.62. The number of fused-ring (bicyclic) bond motifs is 6. The Labute approximate surface area is 352 Å². The van der Waals surface area contributed by atoms with Crippen molar-refractivity contribution in [1.29, 1.82) is 0 Å². The molecular weight excluding hydrogens is 721 g/mol. The van der Waals surface area contributed by atoms with Crippen molar-refractivity contribution < 1.29 is 0 Å². The molecule has 10 aromatic rings. The zero-order valence-electron chi connectivity index (χ0n) is 34.5. The van der Waals surface area contributed by atoms with Crippen LogP contribution >= 0.6 is 0 Å². The summed E-state index contributed by atoms with van der Waals surface area (Å²) in [5, 5.41) is 7.91. The van der Waals surface area contributed by atoms with E-state index in [1.807, 2.05) is 0 Å². The lowest BCUT2D eigenvalue weighted by Gasteiger charge is -2.41. The first-order valence-electron chi connectivity index (χ1n) is 21.3. The quantitative estimate of drug-likeness (QED) is 0.167. The van der Waals surface area contributed by atoms with E-state index in [-0.39, 0.29) is 10.8 Å². The number of hydrogen-bond acceptors (Lipinski definition) is 0. The van der Waals surface area contributed by atoms with E-state index < -0.39 is 0 Å². The van der Waals surface area contributed by atoms with E-state index in [4.69, 9.17) is 0 Å². The first-order valence-corrected chi connectivity index (χ1v) is 21.3. The van der Waals surface area contributed by atoms with E-state index in [2.05, 4.69) is 222 Å². The minimum absolute atomic E-state index is 0.219. The normalized spacial score (nSPS) is 14.3. The van der Waals surface area contributed by atoms with Gasteiger partial charge in [0.1, 0.15) is 0 Å². The highest BCUT2D eigenvalue weighted by molar-refractivity contribution is 6.14. The summed E-state index contributed by atoms with van der Waals surface area (Å²) in [5.41, 5.74) is 20.6. The van der Waals surface area contributed by atoms with E-state index in [1.54, 1.807) is 0 Å². The van der Waals surface area contributed by atoms with Crippen LogP contribution in [0.5, 0.6) is 0 Å². The van der Waals surface area contributed by atoms with E-state index in [0.717, 1.165) is 0 Å². The standard InChI is InChI=1S/C60H44/c1-59(2)51-33-34-52-58-50(48-30-26-42(36-54(48)60(52,3)4)56-44-22-14-12-20-40(44)24-28-46(56)38-17-9-6-10-18-38)32-31-49(57(51)58)47-29-25-41(35-53(47)59)55-43-21-13-11-19-39(43)23-27-45(55)37-15-7-5-8-16-37/h5-36H,1-4H3. The second-order valence-corrected chi connectivity index (χ2v) is 18.0. The van der Waals surface area contributed by atoms with Gasteiger partial charge in [-0.3, -0.25) is 0 Å². The average molecular weight is 765 g/mol. The third kappa shape index (κ3) is 4.91. The van der Waals surface area contributed by atoms with Crippen molar-refractivity contribution in [2.45, 2.75) is 38.5 Å². The molecule has 0 heteroatoms. The summed E-state index contributed by atoms with van der Waals surface area (Å²) < 4.78 is 0. The molecule has 0 saturated heterocycles. The molecule has 0 nitrogen and oxygen atoms in total. The van der Waals surface area contributed by atoms with Crippen LogP contribution in [-0.2, 0) is 10.8 Å². The molecule has 0 heterocycles. The minimum atomic E-state index is -0.219. The van der Waals surface area contributed by atoms with Crippen LogP contribution < -0.4 is 0 Å². The second-order valence-electron chi connectivity index (χ2n) is 18.0. The Morgan fingerprint density at radius 2 is 0.633 bits per heavy atom. The zero-order chi connectivity index (χ0) is 40.3. The Bertz CT molecular complexity index is 3170. The van der Waals surface area contributed by atoms with Gasteiger partial charge in [0.2, 0.25) is 0 Å². The maximum Gasteiger partial charge on any atom is 0.0159 e. The van der Waals surface area contributed by atoms with Gasteiger partial charge in [0.15, 0.2) is 0 Å². The molecular formula is C60H44. The fraction of sp³-hybridized carbons (Fsp3) is 0.100. The second kappa shape index (κ2) is 12.7. The average Bonchev–Trinajstić information content (AvgIpc) is 3.29. The van der Waals surface area contributed by atoms with Crippen LogP contribution in [-0.4, -0.2) is 0 Å². The SMILES string of the molecule is CC1(C)c2cc(-c3c(-c4ccccc4)ccc4ccccc34)ccc2-c2ccc3c4c(ccc1c24)C(C)(C)c1cc(-c2c(-c4ccccc4)ccc4ccccc24)ccc1-3. The topological polar surface area (TPSA) is 0 Å². The van der Waals surface area contributed by atoms with Crippen LogP contribution in [0.25, 0.3) is 99.1 Å². The Morgan fingerprint density at radius 1 is 0.267 bits per heavy atom. The van der Waals surface area contributed by atoms with Gasteiger partial charge < -0.3 is 0 Å². The lowest BCUT2D eigenvalue weighted by Crippen LogP contribution is -2.28. The Hall–Kier alpha value is -7.02. The number of rotatable bonds is 4.